The van der Waals surface area contributed by atoms with Crippen molar-refractivity contribution in [1.29, 1.82) is 0 Å². The summed E-state index contributed by atoms with van der Waals surface area (Å²) in [5.41, 5.74) is 1.29. The predicted molar refractivity (Wildman–Crippen MR) is 139 cm³/mol. The van der Waals surface area contributed by atoms with Crippen LogP contribution in [0.5, 0.6) is 0 Å². The predicted octanol–water partition coefficient (Wildman–Crippen LogP) is 6.32. The lowest BCUT2D eigenvalue weighted by atomic mass is 9.78. The van der Waals surface area contributed by atoms with Crippen molar-refractivity contribution in [3.05, 3.63) is 70.7 Å². The molecule has 0 bridgehead atoms. The maximum Gasteiger partial charge on any atom is 0.257 e. The molecule has 34 heavy (non-hydrogen) atoms. The van der Waals surface area contributed by atoms with E-state index < -0.39 is 5.60 Å². The van der Waals surface area contributed by atoms with Crippen LogP contribution < -0.4 is 5.32 Å². The summed E-state index contributed by atoms with van der Waals surface area (Å²) < 4.78 is 6.62. The maximum absolute atomic E-state index is 14.1. The van der Waals surface area contributed by atoms with Gasteiger partial charge in [0, 0.05) is 43.2 Å². The number of halogens is 1. The summed E-state index contributed by atoms with van der Waals surface area (Å²) in [5.74, 6) is 0.209. The highest BCUT2D eigenvalue weighted by Crippen LogP contribution is 2.44. The summed E-state index contributed by atoms with van der Waals surface area (Å²) in [6, 6.07) is 18.6. The van der Waals surface area contributed by atoms with Gasteiger partial charge < -0.3 is 10.1 Å². The highest BCUT2D eigenvalue weighted by molar-refractivity contribution is 6.30. The number of nitrogens with zero attached hydrogens (tertiary/aromatic N) is 1. The Balaban J connectivity index is 1.49. The lowest BCUT2D eigenvalue weighted by Crippen LogP contribution is -2.55. The van der Waals surface area contributed by atoms with Gasteiger partial charge in [0.2, 0.25) is 0 Å². The number of unbranched alkanes of at least 4 members (excludes halogenated alkanes) is 1. The topological polar surface area (TPSA) is 41.6 Å². The van der Waals surface area contributed by atoms with Gasteiger partial charge in [-0.3, -0.25) is 9.69 Å². The number of benzene rings is 2. The first-order valence-electron chi connectivity index (χ1n) is 13.1. The quantitative estimate of drug-likeness (QED) is 0.402. The van der Waals surface area contributed by atoms with Crippen LogP contribution in [-0.2, 0) is 21.7 Å². The Morgan fingerprint density at radius 1 is 1.06 bits per heavy atom. The van der Waals surface area contributed by atoms with Crippen LogP contribution in [0.3, 0.4) is 0 Å². The average molecular weight is 483 g/mol. The largest absolute Gasteiger partial charge is 0.360 e. The molecule has 1 aliphatic heterocycles. The highest BCUT2D eigenvalue weighted by atomic mass is 35.5. The molecule has 1 aliphatic carbocycles. The van der Waals surface area contributed by atoms with E-state index in [2.05, 4.69) is 47.5 Å². The van der Waals surface area contributed by atoms with Crippen LogP contribution in [0.1, 0.15) is 69.4 Å². The molecule has 2 aromatic carbocycles. The van der Waals surface area contributed by atoms with E-state index in [9.17, 15) is 4.79 Å². The van der Waals surface area contributed by atoms with Gasteiger partial charge in [-0.15, -0.1) is 0 Å². The molecule has 1 heterocycles. The van der Waals surface area contributed by atoms with Crippen LogP contribution in [0.2, 0.25) is 5.02 Å². The van der Waals surface area contributed by atoms with Crippen molar-refractivity contribution in [2.45, 2.75) is 76.5 Å². The second-order valence-corrected chi connectivity index (χ2v) is 10.4. The van der Waals surface area contributed by atoms with E-state index in [0.29, 0.717) is 11.6 Å². The molecule has 1 atom stereocenters. The van der Waals surface area contributed by atoms with Gasteiger partial charge in [0.15, 0.2) is 5.60 Å². The van der Waals surface area contributed by atoms with Gasteiger partial charge in [0.25, 0.3) is 5.91 Å². The fourth-order valence-corrected chi connectivity index (χ4v) is 5.81. The van der Waals surface area contributed by atoms with Crippen LogP contribution in [0.4, 0.5) is 0 Å². The van der Waals surface area contributed by atoms with Gasteiger partial charge in [0.1, 0.15) is 0 Å². The summed E-state index contributed by atoms with van der Waals surface area (Å²) in [4.78, 5) is 16.6. The second-order valence-electron chi connectivity index (χ2n) is 9.94. The first-order valence-corrected chi connectivity index (χ1v) is 13.5. The Hall–Kier alpha value is -1.88. The number of amides is 1. The molecule has 1 amide bonds. The van der Waals surface area contributed by atoms with Crippen LogP contribution in [0.15, 0.2) is 54.6 Å². The Kier molecular flexibility index (Phi) is 9.04. The summed E-state index contributed by atoms with van der Waals surface area (Å²) in [6.07, 6.45) is 8.24. The first-order chi connectivity index (χ1) is 16.6. The Morgan fingerprint density at radius 2 is 1.79 bits per heavy atom. The fourth-order valence-electron chi connectivity index (χ4n) is 5.62. The number of rotatable bonds is 10. The molecule has 0 radical (unpaired) electrons. The fraction of sp³-hybridized carbons (Fsp3) is 0.552. The zero-order valence-electron chi connectivity index (χ0n) is 20.5. The third kappa shape index (κ3) is 6.02. The summed E-state index contributed by atoms with van der Waals surface area (Å²) in [7, 11) is 0. The minimum absolute atomic E-state index is 0.0271. The van der Waals surface area contributed by atoms with Crippen LogP contribution in [-0.4, -0.2) is 36.5 Å². The first kappa shape index (κ1) is 25.2. The molecule has 1 saturated heterocycles. The zero-order chi connectivity index (χ0) is 23.8. The summed E-state index contributed by atoms with van der Waals surface area (Å²) in [5, 5.41) is 4.09. The van der Waals surface area contributed by atoms with Crippen molar-refractivity contribution in [3.8, 4) is 0 Å². The summed E-state index contributed by atoms with van der Waals surface area (Å²) >= 11 is 6.41. The molecule has 2 aliphatic rings. The van der Waals surface area contributed by atoms with Crippen molar-refractivity contribution < 1.29 is 9.53 Å². The lowest BCUT2D eigenvalue weighted by Gasteiger charge is -2.40. The molecule has 1 unspecified atom stereocenters. The Labute approximate surface area is 210 Å². The van der Waals surface area contributed by atoms with E-state index in [4.69, 9.17) is 16.3 Å². The molecule has 1 N–H and O–H groups in total. The van der Waals surface area contributed by atoms with Gasteiger partial charge in [0.05, 0.1) is 0 Å². The highest BCUT2D eigenvalue weighted by Gasteiger charge is 2.49. The van der Waals surface area contributed by atoms with Crippen molar-refractivity contribution >= 4 is 17.5 Å². The molecule has 0 aromatic heterocycles. The molecule has 4 rings (SSSR count). The maximum atomic E-state index is 14.1. The van der Waals surface area contributed by atoms with Gasteiger partial charge in [-0.1, -0.05) is 80.3 Å². The monoisotopic (exact) mass is 482 g/mol. The third-order valence-electron chi connectivity index (χ3n) is 7.52. The molecule has 184 valence electrons. The number of carbonyl (C=O) groups excluding carboxylic acids is 1. The zero-order valence-corrected chi connectivity index (χ0v) is 21.2. The van der Waals surface area contributed by atoms with Gasteiger partial charge in [-0.05, 0) is 55.4 Å². The van der Waals surface area contributed by atoms with Gasteiger partial charge in [-0.2, -0.15) is 0 Å². The number of likely N-dealkylation sites (tertiary alicyclic amines) is 1. The number of hydrogen-bond donors (Lipinski definition) is 1. The van der Waals surface area contributed by atoms with Crippen LogP contribution in [0, 0.1) is 5.92 Å². The molecule has 2 fully saturated rings. The summed E-state index contributed by atoms with van der Waals surface area (Å²) in [6.45, 7) is 5.69. The second kappa shape index (κ2) is 12.2. The van der Waals surface area contributed by atoms with Crippen molar-refractivity contribution in [2.75, 3.05) is 19.7 Å². The normalized spacial score (nSPS) is 19.7. The number of hydrogen-bond acceptors (Lipinski definition) is 3. The number of ether oxygens (including phenoxy) is 1. The molecular weight excluding hydrogens is 444 g/mol. The van der Waals surface area contributed by atoms with Crippen molar-refractivity contribution in [3.63, 3.8) is 0 Å². The van der Waals surface area contributed by atoms with E-state index in [-0.39, 0.29) is 17.9 Å². The average Bonchev–Trinajstić information content (AvgIpc) is 3.39. The minimum Gasteiger partial charge on any atom is -0.360 e. The van der Waals surface area contributed by atoms with Gasteiger partial charge in [-0.25, -0.2) is 0 Å². The SMILES string of the molecule is CCCCOC(C(=O)NC1CCN(Cc2ccccc2)CC1)(c1cccc(Cl)c1)C1CCCC1. The van der Waals surface area contributed by atoms with E-state index in [0.717, 1.165) is 76.6 Å². The van der Waals surface area contributed by atoms with Crippen LogP contribution in [0.25, 0.3) is 0 Å². The number of piperidine rings is 1. The molecular formula is C29H39ClN2O2. The molecule has 0 spiro atoms. The number of carbonyl (C=O) groups is 1. The van der Waals surface area contributed by atoms with Crippen LogP contribution >= 0.6 is 11.6 Å². The molecule has 1 saturated carbocycles. The van der Waals surface area contributed by atoms with Crippen molar-refractivity contribution in [1.82, 2.24) is 10.2 Å². The third-order valence-corrected chi connectivity index (χ3v) is 7.76. The Bertz CT molecular complexity index is 907. The standard InChI is InChI=1S/C29H39ClN2O2/c1-2-3-20-34-29(24-12-7-8-13-24,25-14-9-15-26(30)21-25)28(33)31-27-16-18-32(19-17-27)22-23-10-5-4-6-11-23/h4-6,9-11,14-15,21,24,27H,2-3,7-8,12-13,16-20,22H2,1H3,(H,31,33). The Morgan fingerprint density at radius 3 is 2.47 bits per heavy atom. The van der Waals surface area contributed by atoms with E-state index in [1.54, 1.807) is 0 Å². The van der Waals surface area contributed by atoms with E-state index in [1.807, 2.05) is 24.3 Å². The minimum atomic E-state index is -0.961. The molecule has 5 heteroatoms. The lowest BCUT2D eigenvalue weighted by molar-refractivity contribution is -0.160. The molecule has 4 nitrogen and oxygen atoms in total. The molecule has 2 aromatic rings. The van der Waals surface area contributed by atoms with Gasteiger partial charge >= 0.3 is 0 Å². The number of nitrogens with one attached hydrogen (secondary N) is 1. The van der Waals surface area contributed by atoms with Crippen molar-refractivity contribution in [2.24, 2.45) is 5.92 Å². The van der Waals surface area contributed by atoms with E-state index >= 15 is 0 Å². The van der Waals surface area contributed by atoms with E-state index in [1.165, 1.54) is 5.56 Å². The smallest absolute Gasteiger partial charge is 0.257 e.